The fraction of sp³-hybridized carbons (Fsp3) is 0.364. The summed E-state index contributed by atoms with van der Waals surface area (Å²) in [6.45, 7) is 5.90. The number of aliphatic hydroxyl groups excluding tert-OH is 1. The minimum absolute atomic E-state index is 0.584. The molecule has 0 amide bonds. The number of fused-ring (bicyclic) bond motifs is 2. The molecule has 4 heterocycles. The van der Waals surface area contributed by atoms with E-state index in [9.17, 15) is 5.11 Å². The Balaban J connectivity index is 1.46. The van der Waals surface area contributed by atoms with Crippen molar-refractivity contribution < 1.29 is 9.84 Å². The van der Waals surface area contributed by atoms with Gasteiger partial charge in [0.1, 0.15) is 5.75 Å². The number of imidazole rings is 1. The van der Waals surface area contributed by atoms with Gasteiger partial charge in [-0.2, -0.15) is 0 Å². The van der Waals surface area contributed by atoms with Crippen molar-refractivity contribution in [2.75, 3.05) is 32.1 Å². The van der Waals surface area contributed by atoms with Gasteiger partial charge in [-0.1, -0.05) is 0 Å². The first-order valence-electron chi connectivity index (χ1n) is 9.84. The molecule has 5 rings (SSSR count). The Kier molecular flexibility index (Phi) is 4.11. The maximum atomic E-state index is 10.7. The lowest BCUT2D eigenvalue weighted by Crippen LogP contribution is -2.57. The van der Waals surface area contributed by atoms with Crippen molar-refractivity contribution in [1.29, 1.82) is 0 Å². The highest BCUT2D eigenvalue weighted by molar-refractivity contribution is 5.86. The maximum Gasteiger partial charge on any atom is 0.226 e. The monoisotopic (exact) mass is 391 g/mol. The van der Waals surface area contributed by atoms with Crippen molar-refractivity contribution in [3.05, 3.63) is 53.2 Å². The number of nitrogens with zero attached hydrogens (tertiary/aromatic N) is 5. The van der Waals surface area contributed by atoms with Gasteiger partial charge in [0, 0.05) is 54.4 Å². The topological polar surface area (TPSA) is 66.1 Å². The van der Waals surface area contributed by atoms with Gasteiger partial charge >= 0.3 is 0 Å². The quantitative estimate of drug-likeness (QED) is 0.739. The minimum atomic E-state index is -1.05. The third-order valence-electron chi connectivity index (χ3n) is 5.79. The summed E-state index contributed by atoms with van der Waals surface area (Å²) in [6, 6.07) is 6.76. The second kappa shape index (κ2) is 6.57. The Morgan fingerprint density at radius 1 is 1.14 bits per heavy atom. The molecule has 0 aliphatic carbocycles. The number of likely N-dealkylation sites (N-methyl/N-ethyl adjacent to an activating group) is 1. The van der Waals surface area contributed by atoms with Crippen molar-refractivity contribution in [3.8, 4) is 5.75 Å². The molecule has 1 aromatic carbocycles. The third-order valence-corrected chi connectivity index (χ3v) is 5.79. The Labute approximate surface area is 169 Å². The average molecular weight is 391 g/mol. The molecule has 1 fully saturated rings. The zero-order valence-electron chi connectivity index (χ0n) is 17.1. The summed E-state index contributed by atoms with van der Waals surface area (Å²) in [6.07, 6.45) is 4.76. The molecule has 2 aliphatic heterocycles. The van der Waals surface area contributed by atoms with Crippen LogP contribution in [0.5, 0.6) is 5.75 Å². The Hall–Kier alpha value is -2.90. The number of hydrogen-bond donors (Lipinski definition) is 1. The van der Waals surface area contributed by atoms with E-state index in [-0.39, 0.29) is 0 Å². The lowest BCUT2D eigenvalue weighted by Gasteiger charge is -2.44. The van der Waals surface area contributed by atoms with E-state index in [2.05, 4.69) is 39.9 Å². The van der Waals surface area contributed by atoms with E-state index < -0.39 is 6.29 Å². The summed E-state index contributed by atoms with van der Waals surface area (Å²) >= 11 is 0. The number of aryl methyl sites for hydroxylation is 2. The highest BCUT2D eigenvalue weighted by atomic mass is 16.6. The van der Waals surface area contributed by atoms with Crippen LogP contribution in [-0.4, -0.2) is 63.9 Å². The van der Waals surface area contributed by atoms with Crippen LogP contribution in [0, 0.1) is 13.8 Å². The third kappa shape index (κ3) is 3.07. The van der Waals surface area contributed by atoms with Crippen LogP contribution in [0.1, 0.15) is 22.6 Å². The molecule has 7 nitrogen and oxygen atoms in total. The Morgan fingerprint density at radius 3 is 2.69 bits per heavy atom. The van der Waals surface area contributed by atoms with Gasteiger partial charge in [-0.15, -0.1) is 0 Å². The lowest BCUT2D eigenvalue weighted by molar-refractivity contribution is 0.0318. The molecule has 1 atom stereocenters. The van der Waals surface area contributed by atoms with Crippen molar-refractivity contribution in [2.45, 2.75) is 26.2 Å². The highest BCUT2D eigenvalue weighted by Crippen LogP contribution is 2.37. The van der Waals surface area contributed by atoms with Crippen molar-refractivity contribution in [3.63, 3.8) is 0 Å². The van der Waals surface area contributed by atoms with Gasteiger partial charge in [0.2, 0.25) is 6.29 Å². The molecule has 150 valence electrons. The van der Waals surface area contributed by atoms with Crippen LogP contribution in [0.15, 0.2) is 30.6 Å². The predicted octanol–water partition coefficient (Wildman–Crippen LogP) is 2.35. The van der Waals surface area contributed by atoms with Crippen molar-refractivity contribution >= 4 is 23.0 Å². The van der Waals surface area contributed by atoms with Crippen molar-refractivity contribution in [1.82, 2.24) is 19.3 Å². The van der Waals surface area contributed by atoms with Crippen LogP contribution in [0.2, 0.25) is 0 Å². The predicted molar refractivity (Wildman–Crippen MR) is 113 cm³/mol. The van der Waals surface area contributed by atoms with Crippen LogP contribution in [-0.2, 0) is 0 Å². The molecule has 0 radical (unpaired) electrons. The van der Waals surface area contributed by atoms with Crippen LogP contribution < -0.4 is 9.64 Å². The molecule has 2 aromatic heterocycles. The second-order valence-corrected chi connectivity index (χ2v) is 8.14. The average Bonchev–Trinajstić information content (AvgIpc) is 3.03. The first-order chi connectivity index (χ1) is 13.9. The molecule has 2 aliphatic rings. The molecular formula is C22H25N5O2. The van der Waals surface area contributed by atoms with Gasteiger partial charge < -0.3 is 24.0 Å². The zero-order valence-corrected chi connectivity index (χ0v) is 17.1. The molecule has 3 aromatic rings. The SMILES string of the molecule is Cc1cn2cc(C3=Cc4ccc(N5CC(N(C)C)C5)cc4OC3O)nc2c(C)n1. The minimum Gasteiger partial charge on any atom is -0.460 e. The van der Waals surface area contributed by atoms with Gasteiger partial charge in [0.25, 0.3) is 0 Å². The zero-order chi connectivity index (χ0) is 20.3. The molecule has 0 saturated carbocycles. The van der Waals surface area contributed by atoms with Crippen LogP contribution in [0.4, 0.5) is 5.69 Å². The van der Waals surface area contributed by atoms with E-state index in [1.807, 2.05) is 48.9 Å². The Morgan fingerprint density at radius 2 is 1.93 bits per heavy atom. The fourth-order valence-electron chi connectivity index (χ4n) is 4.00. The summed E-state index contributed by atoms with van der Waals surface area (Å²) in [5, 5.41) is 10.7. The summed E-state index contributed by atoms with van der Waals surface area (Å²) in [4.78, 5) is 13.7. The van der Waals surface area contributed by atoms with Crippen molar-refractivity contribution in [2.24, 2.45) is 0 Å². The molecule has 7 heteroatoms. The van der Waals surface area contributed by atoms with E-state index in [0.29, 0.717) is 23.1 Å². The first-order valence-corrected chi connectivity index (χ1v) is 9.84. The normalized spacial score (nSPS) is 19.2. The largest absolute Gasteiger partial charge is 0.460 e. The number of ether oxygens (including phenoxy) is 1. The fourth-order valence-corrected chi connectivity index (χ4v) is 4.00. The highest BCUT2D eigenvalue weighted by Gasteiger charge is 2.30. The number of rotatable bonds is 3. The summed E-state index contributed by atoms with van der Waals surface area (Å²) in [5.41, 5.74) is 5.99. The van der Waals surface area contributed by atoms with E-state index >= 15 is 0 Å². The van der Waals surface area contributed by atoms with E-state index in [1.54, 1.807) is 0 Å². The van der Waals surface area contributed by atoms with Gasteiger partial charge in [-0.05, 0) is 46.2 Å². The van der Waals surface area contributed by atoms with Crippen LogP contribution >= 0.6 is 0 Å². The van der Waals surface area contributed by atoms with Gasteiger partial charge in [-0.25, -0.2) is 4.98 Å². The molecule has 1 N–H and O–H groups in total. The van der Waals surface area contributed by atoms with Gasteiger partial charge in [0.05, 0.1) is 17.1 Å². The molecular weight excluding hydrogens is 366 g/mol. The summed E-state index contributed by atoms with van der Waals surface area (Å²) in [7, 11) is 4.22. The molecule has 1 unspecified atom stereocenters. The molecule has 0 bridgehead atoms. The molecule has 29 heavy (non-hydrogen) atoms. The standard InChI is InChI=1S/C22H25N5O2/c1-13-9-27-12-19(24-21(27)14(2)23-13)18-7-15-5-6-16(8-20(15)29-22(18)28)26-10-17(11-26)25(3)4/h5-9,12,17,22,28H,10-11H2,1-4H3. The van der Waals surface area contributed by atoms with Crippen LogP contribution in [0.3, 0.4) is 0 Å². The lowest BCUT2D eigenvalue weighted by atomic mass is 10.0. The second-order valence-electron chi connectivity index (χ2n) is 8.14. The number of benzene rings is 1. The van der Waals surface area contributed by atoms with Crippen LogP contribution in [0.25, 0.3) is 17.3 Å². The number of aliphatic hydroxyl groups is 1. The van der Waals surface area contributed by atoms with E-state index in [0.717, 1.165) is 41.4 Å². The first kappa shape index (κ1) is 18.1. The summed E-state index contributed by atoms with van der Waals surface area (Å²) in [5.74, 6) is 0.699. The number of anilines is 1. The smallest absolute Gasteiger partial charge is 0.226 e. The Bertz CT molecular complexity index is 1130. The van der Waals surface area contributed by atoms with Gasteiger partial charge in [0.15, 0.2) is 5.65 Å². The van der Waals surface area contributed by atoms with E-state index in [1.165, 1.54) is 0 Å². The van der Waals surface area contributed by atoms with Gasteiger partial charge in [-0.3, -0.25) is 4.98 Å². The molecule has 1 saturated heterocycles. The maximum absolute atomic E-state index is 10.7. The summed E-state index contributed by atoms with van der Waals surface area (Å²) < 4.78 is 7.82. The number of aromatic nitrogens is 3. The van der Waals surface area contributed by atoms with E-state index in [4.69, 9.17) is 4.74 Å². The number of hydrogen-bond acceptors (Lipinski definition) is 6. The molecule has 0 spiro atoms.